The first-order valence-electron chi connectivity index (χ1n) is 7.32. The van der Waals surface area contributed by atoms with Gasteiger partial charge in [-0.15, -0.1) is 0 Å². The van der Waals surface area contributed by atoms with Crippen LogP contribution in [0.2, 0.25) is 0 Å². The van der Waals surface area contributed by atoms with Crippen LogP contribution in [0.25, 0.3) is 0 Å². The Morgan fingerprint density at radius 3 is 2.75 bits per heavy atom. The lowest BCUT2D eigenvalue weighted by molar-refractivity contribution is -0.142. The molecule has 3 rings (SSSR count). The molecule has 0 bridgehead atoms. The Labute approximate surface area is 143 Å². The Balaban J connectivity index is 1.71. The van der Waals surface area contributed by atoms with E-state index in [4.69, 9.17) is 4.52 Å². The van der Waals surface area contributed by atoms with Crippen LogP contribution in [0.3, 0.4) is 0 Å². The molecule has 2 aromatic rings. The Bertz CT molecular complexity index is 765. The number of nitrogens with one attached hydrogen (secondary N) is 1. The van der Waals surface area contributed by atoms with E-state index in [-0.39, 0.29) is 35.1 Å². The molecule has 1 fully saturated rings. The van der Waals surface area contributed by atoms with Crippen molar-refractivity contribution in [2.75, 3.05) is 5.32 Å². The summed E-state index contributed by atoms with van der Waals surface area (Å²) in [4.78, 5) is 11.9. The fraction of sp³-hybridized carbons (Fsp3) is 0.500. The summed E-state index contributed by atoms with van der Waals surface area (Å²) in [6.45, 7) is 1.74. The lowest BCUT2D eigenvalue weighted by atomic mass is 10.2. The molecule has 1 aliphatic carbocycles. The standard InChI is InChI=1S/C14H14BrF3N4O2/c1-7-6-9(21-24-7)19-10(23)4-5-22-12(8-2-3-8)11(15)13(20-22)14(16,17)18/h6,8H,2-5H2,1H3,(H,19,21,23). The van der Waals surface area contributed by atoms with E-state index in [2.05, 4.69) is 31.5 Å². The fourth-order valence-corrected chi connectivity index (χ4v) is 3.22. The van der Waals surface area contributed by atoms with Gasteiger partial charge in [-0.25, -0.2) is 0 Å². The fourth-order valence-electron chi connectivity index (χ4n) is 2.39. The van der Waals surface area contributed by atoms with Crippen molar-refractivity contribution < 1.29 is 22.5 Å². The van der Waals surface area contributed by atoms with Crippen molar-refractivity contribution in [2.24, 2.45) is 0 Å². The first-order chi connectivity index (χ1) is 11.3. The third-order valence-electron chi connectivity index (χ3n) is 3.61. The van der Waals surface area contributed by atoms with E-state index in [0.717, 1.165) is 12.8 Å². The number of aromatic nitrogens is 3. The topological polar surface area (TPSA) is 73.0 Å². The van der Waals surface area contributed by atoms with Crippen LogP contribution >= 0.6 is 15.9 Å². The maximum Gasteiger partial charge on any atom is 0.436 e. The third-order valence-corrected chi connectivity index (χ3v) is 4.39. The van der Waals surface area contributed by atoms with Gasteiger partial charge in [0.1, 0.15) is 5.76 Å². The summed E-state index contributed by atoms with van der Waals surface area (Å²) in [7, 11) is 0. The smallest absolute Gasteiger partial charge is 0.360 e. The van der Waals surface area contributed by atoms with Crippen LogP contribution in [0.4, 0.5) is 19.0 Å². The molecule has 1 amide bonds. The van der Waals surface area contributed by atoms with Gasteiger partial charge in [-0.2, -0.15) is 18.3 Å². The van der Waals surface area contributed by atoms with Crippen LogP contribution in [0.1, 0.15) is 42.3 Å². The van der Waals surface area contributed by atoms with Crippen LogP contribution in [0, 0.1) is 6.92 Å². The second-order valence-electron chi connectivity index (χ2n) is 5.66. The van der Waals surface area contributed by atoms with Gasteiger partial charge < -0.3 is 9.84 Å². The molecule has 0 aliphatic heterocycles. The molecule has 6 nitrogen and oxygen atoms in total. The van der Waals surface area contributed by atoms with Crippen molar-refractivity contribution >= 4 is 27.7 Å². The molecule has 1 N–H and O–H groups in total. The molecule has 0 aromatic carbocycles. The number of hydrogen-bond donors (Lipinski definition) is 1. The van der Waals surface area contributed by atoms with E-state index in [1.165, 1.54) is 4.68 Å². The largest absolute Gasteiger partial charge is 0.436 e. The zero-order valence-corrected chi connectivity index (χ0v) is 14.2. The molecule has 1 aliphatic rings. The summed E-state index contributed by atoms with van der Waals surface area (Å²) >= 11 is 3.02. The second kappa shape index (κ2) is 6.23. The highest BCUT2D eigenvalue weighted by molar-refractivity contribution is 9.10. The summed E-state index contributed by atoms with van der Waals surface area (Å²) in [6.07, 6.45) is -2.90. The van der Waals surface area contributed by atoms with Crippen molar-refractivity contribution in [1.82, 2.24) is 14.9 Å². The van der Waals surface area contributed by atoms with Gasteiger partial charge in [-0.1, -0.05) is 5.16 Å². The Morgan fingerprint density at radius 2 is 2.21 bits per heavy atom. The number of alkyl halides is 3. The number of carbonyl (C=O) groups is 1. The lowest BCUT2D eigenvalue weighted by Crippen LogP contribution is -2.16. The molecule has 10 heteroatoms. The van der Waals surface area contributed by atoms with Crippen LogP contribution < -0.4 is 5.32 Å². The summed E-state index contributed by atoms with van der Waals surface area (Å²) in [5, 5.41) is 9.82. The molecular formula is C14H14BrF3N4O2. The molecule has 0 radical (unpaired) electrons. The minimum Gasteiger partial charge on any atom is -0.360 e. The van der Waals surface area contributed by atoms with E-state index in [0.29, 0.717) is 11.5 Å². The first-order valence-corrected chi connectivity index (χ1v) is 8.11. The maximum absolute atomic E-state index is 13.0. The number of halogens is 4. The number of anilines is 1. The van der Waals surface area contributed by atoms with Gasteiger partial charge in [0.25, 0.3) is 0 Å². The van der Waals surface area contributed by atoms with Gasteiger partial charge in [0.05, 0.1) is 16.7 Å². The molecule has 0 unspecified atom stereocenters. The average molecular weight is 407 g/mol. The Hall–Kier alpha value is -1.84. The van der Waals surface area contributed by atoms with E-state index in [9.17, 15) is 18.0 Å². The van der Waals surface area contributed by atoms with Crippen molar-refractivity contribution in [3.8, 4) is 0 Å². The van der Waals surface area contributed by atoms with Gasteiger partial charge in [-0.05, 0) is 35.7 Å². The zero-order chi connectivity index (χ0) is 17.5. The summed E-state index contributed by atoms with van der Waals surface area (Å²) in [5.41, 5.74) is -0.440. The molecule has 130 valence electrons. The van der Waals surface area contributed by atoms with E-state index in [1.54, 1.807) is 13.0 Å². The highest BCUT2D eigenvalue weighted by atomic mass is 79.9. The number of amides is 1. The SMILES string of the molecule is Cc1cc(NC(=O)CCn2nc(C(F)(F)F)c(Br)c2C2CC2)no1. The highest BCUT2D eigenvalue weighted by Crippen LogP contribution is 2.47. The lowest BCUT2D eigenvalue weighted by Gasteiger charge is -2.06. The Morgan fingerprint density at radius 1 is 1.50 bits per heavy atom. The van der Waals surface area contributed by atoms with Crippen LogP contribution in [0.5, 0.6) is 0 Å². The zero-order valence-electron chi connectivity index (χ0n) is 12.7. The maximum atomic E-state index is 13.0. The second-order valence-corrected chi connectivity index (χ2v) is 6.46. The van der Waals surface area contributed by atoms with Gasteiger partial charge in [0.2, 0.25) is 5.91 Å². The first kappa shape index (κ1) is 17.0. The number of rotatable bonds is 5. The van der Waals surface area contributed by atoms with Crippen molar-refractivity contribution in [2.45, 2.75) is 44.8 Å². The molecule has 0 saturated heterocycles. The Kier molecular flexibility index (Phi) is 4.41. The van der Waals surface area contributed by atoms with E-state index in [1.807, 2.05) is 0 Å². The quantitative estimate of drug-likeness (QED) is 0.817. The van der Waals surface area contributed by atoms with Crippen molar-refractivity contribution in [3.05, 3.63) is 27.7 Å². The summed E-state index contributed by atoms with van der Waals surface area (Å²) in [6, 6.07) is 1.56. The number of carbonyl (C=O) groups excluding carboxylic acids is 1. The number of hydrogen-bond acceptors (Lipinski definition) is 4. The van der Waals surface area contributed by atoms with Crippen molar-refractivity contribution in [1.29, 1.82) is 0 Å². The molecule has 0 atom stereocenters. The van der Waals surface area contributed by atoms with E-state index < -0.39 is 11.9 Å². The molecular weight excluding hydrogens is 393 g/mol. The molecule has 0 spiro atoms. The van der Waals surface area contributed by atoms with Gasteiger partial charge in [0.15, 0.2) is 11.5 Å². The minimum atomic E-state index is -4.53. The van der Waals surface area contributed by atoms with Gasteiger partial charge in [0, 0.05) is 18.4 Å². The van der Waals surface area contributed by atoms with Gasteiger partial charge >= 0.3 is 6.18 Å². The van der Waals surface area contributed by atoms with Crippen LogP contribution in [0.15, 0.2) is 15.1 Å². The summed E-state index contributed by atoms with van der Waals surface area (Å²) < 4.78 is 45.1. The van der Waals surface area contributed by atoms with E-state index >= 15 is 0 Å². The third kappa shape index (κ3) is 3.63. The summed E-state index contributed by atoms with van der Waals surface area (Å²) in [5.74, 6) is 0.513. The molecule has 2 aromatic heterocycles. The normalized spacial score (nSPS) is 14.9. The number of nitrogens with zero attached hydrogens (tertiary/aromatic N) is 3. The predicted octanol–water partition coefficient (Wildman–Crippen LogP) is 3.87. The minimum absolute atomic E-state index is 0.0168. The van der Waals surface area contributed by atoms with Crippen LogP contribution in [-0.4, -0.2) is 20.8 Å². The van der Waals surface area contributed by atoms with Crippen LogP contribution in [-0.2, 0) is 17.5 Å². The molecule has 1 saturated carbocycles. The molecule has 24 heavy (non-hydrogen) atoms. The highest BCUT2D eigenvalue weighted by Gasteiger charge is 2.41. The van der Waals surface area contributed by atoms with Gasteiger partial charge in [-0.3, -0.25) is 9.48 Å². The average Bonchev–Trinajstić information content (AvgIpc) is 3.14. The number of aryl methyl sites for hydroxylation is 2. The predicted molar refractivity (Wildman–Crippen MR) is 81.4 cm³/mol. The molecule has 2 heterocycles. The monoisotopic (exact) mass is 406 g/mol. The van der Waals surface area contributed by atoms with Crippen molar-refractivity contribution in [3.63, 3.8) is 0 Å².